The van der Waals surface area contributed by atoms with Gasteiger partial charge < -0.3 is 20.0 Å². The van der Waals surface area contributed by atoms with E-state index in [0.717, 1.165) is 13.1 Å². The number of aromatic nitrogens is 2. The highest BCUT2D eigenvalue weighted by Crippen LogP contribution is 2.08. The van der Waals surface area contributed by atoms with Crippen LogP contribution in [0, 0.1) is 16.0 Å². The van der Waals surface area contributed by atoms with Crippen molar-refractivity contribution in [3.63, 3.8) is 0 Å². The Morgan fingerprint density at radius 1 is 1.56 bits per heavy atom. The van der Waals surface area contributed by atoms with Crippen LogP contribution in [0.2, 0.25) is 0 Å². The molecule has 1 heterocycles. The molecule has 1 aromatic heterocycles. The second-order valence-corrected chi connectivity index (χ2v) is 4.35. The molecule has 0 aliphatic heterocycles. The van der Waals surface area contributed by atoms with Gasteiger partial charge in [0.1, 0.15) is 6.20 Å². The van der Waals surface area contributed by atoms with Gasteiger partial charge in [-0.05, 0) is 22.4 Å². The minimum atomic E-state index is -0.479. The summed E-state index contributed by atoms with van der Waals surface area (Å²) in [6.07, 6.45) is 2.97. The Kier molecular flexibility index (Phi) is 4.42. The summed E-state index contributed by atoms with van der Waals surface area (Å²) in [6.45, 7) is 7.91. The van der Waals surface area contributed by atoms with Crippen molar-refractivity contribution in [2.75, 3.05) is 6.54 Å². The van der Waals surface area contributed by atoms with Crippen LogP contribution in [0.15, 0.2) is 12.5 Å². The second-order valence-electron chi connectivity index (χ2n) is 4.35. The zero-order chi connectivity index (χ0) is 12.1. The molecule has 6 nitrogen and oxygen atoms in total. The maximum atomic E-state index is 10.4. The maximum absolute atomic E-state index is 10.4. The minimum Gasteiger partial charge on any atom is -0.358 e. The fraction of sp³-hybridized carbons (Fsp3) is 0.700. The van der Waals surface area contributed by atoms with Crippen molar-refractivity contribution in [3.05, 3.63) is 22.6 Å². The van der Waals surface area contributed by atoms with Crippen LogP contribution in [0.25, 0.3) is 0 Å². The number of nitrogens with one attached hydrogen (secondary N) is 1. The first-order valence-corrected chi connectivity index (χ1v) is 5.38. The Hall–Kier alpha value is -1.43. The topological polar surface area (TPSA) is 73.0 Å². The molecule has 16 heavy (non-hydrogen) atoms. The van der Waals surface area contributed by atoms with E-state index in [0.29, 0.717) is 12.0 Å². The molecule has 1 N–H and O–H groups in total. The molecular weight excluding hydrogens is 208 g/mol. The fourth-order valence-corrected chi connectivity index (χ4v) is 1.40. The summed E-state index contributed by atoms with van der Waals surface area (Å²) in [6, 6.07) is 0.458. The Morgan fingerprint density at radius 3 is 2.75 bits per heavy atom. The highest BCUT2D eigenvalue weighted by Gasteiger charge is 2.11. The highest BCUT2D eigenvalue weighted by atomic mass is 16.6. The molecule has 1 atom stereocenters. The summed E-state index contributed by atoms with van der Waals surface area (Å²) in [4.78, 5) is 13.7. The normalized spacial score (nSPS) is 13.0. The molecular formula is C10H18N4O2. The molecule has 0 aliphatic rings. The Labute approximate surface area is 94.8 Å². The second kappa shape index (κ2) is 5.60. The summed E-state index contributed by atoms with van der Waals surface area (Å²) >= 11 is 0. The molecule has 1 unspecified atom stereocenters. The quantitative estimate of drug-likeness (QED) is 0.588. The lowest BCUT2D eigenvalue weighted by Gasteiger charge is -2.14. The molecule has 1 rings (SSSR count). The van der Waals surface area contributed by atoms with E-state index in [1.165, 1.54) is 12.5 Å². The number of hydrogen-bond donors (Lipinski definition) is 1. The van der Waals surface area contributed by atoms with Gasteiger partial charge in [-0.1, -0.05) is 20.8 Å². The monoisotopic (exact) mass is 226 g/mol. The van der Waals surface area contributed by atoms with Crippen molar-refractivity contribution in [1.29, 1.82) is 0 Å². The van der Waals surface area contributed by atoms with Gasteiger partial charge in [-0.15, -0.1) is 0 Å². The van der Waals surface area contributed by atoms with Crippen LogP contribution >= 0.6 is 0 Å². The van der Waals surface area contributed by atoms with E-state index >= 15 is 0 Å². The van der Waals surface area contributed by atoms with Crippen molar-refractivity contribution in [2.45, 2.75) is 33.4 Å². The summed E-state index contributed by atoms with van der Waals surface area (Å²) in [5.41, 5.74) is 0. The van der Waals surface area contributed by atoms with Crippen LogP contribution in [0.5, 0.6) is 0 Å². The molecule has 0 aromatic carbocycles. The van der Waals surface area contributed by atoms with Crippen LogP contribution in [0.3, 0.4) is 0 Å². The van der Waals surface area contributed by atoms with Crippen LogP contribution < -0.4 is 5.32 Å². The third-order valence-corrected chi connectivity index (χ3v) is 2.20. The van der Waals surface area contributed by atoms with Crippen molar-refractivity contribution >= 4 is 5.82 Å². The average molecular weight is 226 g/mol. The zero-order valence-electron chi connectivity index (χ0n) is 9.88. The first-order chi connectivity index (χ1) is 7.49. The molecule has 0 spiro atoms. The molecule has 0 bridgehead atoms. The van der Waals surface area contributed by atoms with E-state index in [4.69, 9.17) is 0 Å². The summed E-state index contributed by atoms with van der Waals surface area (Å²) in [7, 11) is 0. The summed E-state index contributed by atoms with van der Waals surface area (Å²) in [5.74, 6) is 0.320. The maximum Gasteiger partial charge on any atom is 0.381 e. The molecule has 0 saturated carbocycles. The number of nitro groups is 1. The van der Waals surface area contributed by atoms with Gasteiger partial charge in [0.25, 0.3) is 0 Å². The van der Waals surface area contributed by atoms with Crippen molar-refractivity contribution in [2.24, 2.45) is 5.92 Å². The van der Waals surface area contributed by atoms with E-state index in [1.807, 2.05) is 0 Å². The molecule has 0 radical (unpaired) electrons. The van der Waals surface area contributed by atoms with Crippen LogP contribution in [0.1, 0.15) is 20.8 Å². The van der Waals surface area contributed by atoms with Gasteiger partial charge in [0.15, 0.2) is 0 Å². The van der Waals surface area contributed by atoms with E-state index < -0.39 is 4.92 Å². The minimum absolute atomic E-state index is 0.0935. The van der Waals surface area contributed by atoms with Gasteiger partial charge in [0.2, 0.25) is 6.33 Å². The van der Waals surface area contributed by atoms with Gasteiger partial charge >= 0.3 is 5.82 Å². The number of rotatable bonds is 6. The van der Waals surface area contributed by atoms with Crippen LogP contribution in [-0.2, 0) is 6.54 Å². The first kappa shape index (κ1) is 12.6. The predicted molar refractivity (Wildman–Crippen MR) is 61.2 cm³/mol. The fourth-order valence-electron chi connectivity index (χ4n) is 1.40. The van der Waals surface area contributed by atoms with Gasteiger partial charge in [0, 0.05) is 12.6 Å². The first-order valence-electron chi connectivity index (χ1n) is 5.38. The predicted octanol–water partition coefficient (Wildman–Crippen LogP) is 1.43. The van der Waals surface area contributed by atoms with E-state index in [9.17, 15) is 10.1 Å². The van der Waals surface area contributed by atoms with Crippen LogP contribution in [-0.4, -0.2) is 27.1 Å². The lowest BCUT2D eigenvalue weighted by Crippen LogP contribution is -2.29. The Balaban J connectivity index is 2.43. The molecule has 0 aliphatic carbocycles. The van der Waals surface area contributed by atoms with Crippen molar-refractivity contribution in [3.8, 4) is 0 Å². The Bertz CT molecular complexity index is 348. The Morgan fingerprint density at radius 2 is 2.25 bits per heavy atom. The smallest absolute Gasteiger partial charge is 0.358 e. The third-order valence-electron chi connectivity index (χ3n) is 2.20. The summed E-state index contributed by atoms with van der Waals surface area (Å²) < 4.78 is 1.75. The van der Waals surface area contributed by atoms with E-state index in [-0.39, 0.29) is 5.82 Å². The molecule has 1 aromatic rings. The zero-order valence-corrected chi connectivity index (χ0v) is 9.88. The molecule has 6 heteroatoms. The van der Waals surface area contributed by atoms with Crippen molar-refractivity contribution < 1.29 is 4.92 Å². The van der Waals surface area contributed by atoms with Gasteiger partial charge in [-0.3, -0.25) is 0 Å². The SMILES string of the molecule is CC(CNC(C)C)Cn1cnc([N+](=O)[O-])c1. The molecule has 0 fully saturated rings. The largest absolute Gasteiger partial charge is 0.381 e. The highest BCUT2D eigenvalue weighted by molar-refractivity contribution is 5.12. The third kappa shape index (κ3) is 3.98. The standard InChI is InChI=1S/C10H18N4O2/c1-8(2)11-4-9(3)5-13-6-10(12-7-13)14(15)16/h6-9,11H,4-5H2,1-3H3. The van der Waals surface area contributed by atoms with Crippen LogP contribution in [0.4, 0.5) is 5.82 Å². The summed E-state index contributed by atoms with van der Waals surface area (Å²) in [5, 5.41) is 13.8. The molecule has 0 saturated heterocycles. The van der Waals surface area contributed by atoms with E-state index in [2.05, 4.69) is 31.1 Å². The lowest BCUT2D eigenvalue weighted by molar-refractivity contribution is -0.389. The molecule has 0 amide bonds. The van der Waals surface area contributed by atoms with Gasteiger partial charge in [0.05, 0.1) is 0 Å². The van der Waals surface area contributed by atoms with Gasteiger partial charge in [-0.25, -0.2) is 0 Å². The number of nitrogens with zero attached hydrogens (tertiary/aromatic N) is 3. The van der Waals surface area contributed by atoms with Crippen molar-refractivity contribution in [1.82, 2.24) is 14.9 Å². The number of imidazole rings is 1. The molecule has 90 valence electrons. The van der Waals surface area contributed by atoms with E-state index in [1.54, 1.807) is 4.57 Å². The van der Waals surface area contributed by atoms with Gasteiger partial charge in [-0.2, -0.15) is 0 Å². The number of hydrogen-bond acceptors (Lipinski definition) is 4. The average Bonchev–Trinajstić information content (AvgIpc) is 2.63. The lowest BCUT2D eigenvalue weighted by atomic mass is 10.1.